The highest BCUT2D eigenvalue weighted by atomic mass is 35.5. The molecule has 2 heterocycles. The van der Waals surface area contributed by atoms with E-state index in [1.54, 1.807) is 17.0 Å². The van der Waals surface area contributed by atoms with Crippen LogP contribution in [0.1, 0.15) is 25.0 Å². The minimum Gasteiger partial charge on any atom is -0.491 e. The molecule has 0 saturated carbocycles. The fourth-order valence-electron chi connectivity index (χ4n) is 3.46. The van der Waals surface area contributed by atoms with Gasteiger partial charge in [-0.1, -0.05) is 35.3 Å². The van der Waals surface area contributed by atoms with E-state index >= 15 is 0 Å². The molecule has 2 aliphatic heterocycles. The Kier molecular flexibility index (Phi) is 4.80. The third-order valence-corrected chi connectivity index (χ3v) is 5.15. The number of anilines is 1. The van der Waals surface area contributed by atoms with Crippen molar-refractivity contribution >= 4 is 34.8 Å². The van der Waals surface area contributed by atoms with Crippen LogP contribution in [0, 0.1) is 0 Å². The summed E-state index contributed by atoms with van der Waals surface area (Å²) >= 11 is 12.8. The van der Waals surface area contributed by atoms with Crippen LogP contribution in [0.2, 0.25) is 10.0 Å². The van der Waals surface area contributed by atoms with Crippen LogP contribution < -0.4 is 9.64 Å². The SMILES string of the molecule is CC(C)Oc1ccc(CN2C(=O)C3(OCCO3)c3c(Cl)ccc(Cl)c32)cc1. The zero-order valence-corrected chi connectivity index (χ0v) is 16.5. The van der Waals surface area contributed by atoms with Gasteiger partial charge < -0.3 is 19.1 Å². The average molecular weight is 408 g/mol. The van der Waals surface area contributed by atoms with Crippen molar-refractivity contribution in [2.45, 2.75) is 32.3 Å². The van der Waals surface area contributed by atoms with Gasteiger partial charge in [-0.15, -0.1) is 0 Å². The van der Waals surface area contributed by atoms with E-state index in [9.17, 15) is 4.79 Å². The number of benzene rings is 2. The molecule has 0 atom stereocenters. The van der Waals surface area contributed by atoms with Crippen molar-refractivity contribution in [2.75, 3.05) is 18.1 Å². The van der Waals surface area contributed by atoms with Crippen LogP contribution in [-0.2, 0) is 26.6 Å². The Morgan fingerprint density at radius 1 is 1.07 bits per heavy atom. The van der Waals surface area contributed by atoms with Gasteiger partial charge in [0.2, 0.25) is 0 Å². The maximum Gasteiger partial charge on any atom is 0.292 e. The Labute approximate surface area is 167 Å². The van der Waals surface area contributed by atoms with E-state index in [1.807, 2.05) is 38.1 Å². The lowest BCUT2D eigenvalue weighted by atomic mass is 10.1. The second kappa shape index (κ2) is 6.99. The first-order valence-corrected chi connectivity index (χ1v) is 9.52. The summed E-state index contributed by atoms with van der Waals surface area (Å²) in [6.45, 7) is 4.91. The van der Waals surface area contributed by atoms with Crippen molar-refractivity contribution in [3.8, 4) is 5.75 Å². The second-order valence-corrected chi connectivity index (χ2v) is 7.58. The molecular formula is C20H19Cl2NO4. The molecule has 5 nitrogen and oxygen atoms in total. The summed E-state index contributed by atoms with van der Waals surface area (Å²) in [7, 11) is 0. The molecule has 1 amide bonds. The summed E-state index contributed by atoms with van der Waals surface area (Å²) in [6.07, 6.45) is 0.0976. The monoisotopic (exact) mass is 407 g/mol. The van der Waals surface area contributed by atoms with Gasteiger partial charge in [-0.05, 0) is 43.7 Å². The maximum atomic E-state index is 13.2. The Morgan fingerprint density at radius 2 is 1.70 bits per heavy atom. The van der Waals surface area contributed by atoms with E-state index in [2.05, 4.69) is 0 Å². The standard InChI is InChI=1S/C20H19Cl2NO4/c1-12(2)27-14-5-3-13(4-6-14)11-23-18-16(22)8-7-15(21)17(18)20(19(23)24)25-9-10-26-20/h3-8,12H,9-11H2,1-2H3. The van der Waals surface area contributed by atoms with Crippen LogP contribution in [0.5, 0.6) is 5.75 Å². The second-order valence-electron chi connectivity index (χ2n) is 6.77. The molecule has 4 rings (SSSR count). The van der Waals surface area contributed by atoms with Crippen molar-refractivity contribution in [3.05, 3.63) is 57.6 Å². The van der Waals surface area contributed by atoms with Gasteiger partial charge in [0.05, 0.1) is 47.2 Å². The zero-order valence-electron chi connectivity index (χ0n) is 15.0. The van der Waals surface area contributed by atoms with Crippen molar-refractivity contribution in [1.82, 2.24) is 0 Å². The van der Waals surface area contributed by atoms with E-state index in [-0.39, 0.29) is 12.0 Å². The highest BCUT2D eigenvalue weighted by Gasteiger charge is 2.57. The lowest BCUT2D eigenvalue weighted by molar-refractivity contribution is -0.180. The van der Waals surface area contributed by atoms with Gasteiger partial charge in [0.15, 0.2) is 0 Å². The number of amides is 1. The molecule has 142 valence electrons. The van der Waals surface area contributed by atoms with Gasteiger partial charge in [0, 0.05) is 0 Å². The number of rotatable bonds is 4. The molecule has 0 aromatic heterocycles. The molecule has 0 N–H and O–H groups in total. The van der Waals surface area contributed by atoms with Crippen LogP contribution >= 0.6 is 23.2 Å². The van der Waals surface area contributed by atoms with Crippen LogP contribution in [0.4, 0.5) is 5.69 Å². The Hall–Kier alpha value is -1.79. The smallest absolute Gasteiger partial charge is 0.292 e. The summed E-state index contributed by atoms with van der Waals surface area (Å²) in [5.74, 6) is -1.03. The van der Waals surface area contributed by atoms with Gasteiger partial charge in [-0.25, -0.2) is 0 Å². The van der Waals surface area contributed by atoms with Gasteiger partial charge in [0.25, 0.3) is 11.7 Å². The fourth-order valence-corrected chi connectivity index (χ4v) is 4.00. The molecule has 2 aliphatic rings. The molecule has 1 spiro atoms. The highest BCUT2D eigenvalue weighted by Crippen LogP contribution is 2.52. The molecule has 27 heavy (non-hydrogen) atoms. The molecule has 0 bridgehead atoms. The lowest BCUT2D eigenvalue weighted by Gasteiger charge is -2.22. The predicted octanol–water partition coefficient (Wildman–Crippen LogP) is 4.53. The van der Waals surface area contributed by atoms with E-state index in [0.717, 1.165) is 11.3 Å². The quantitative estimate of drug-likeness (QED) is 0.746. The minimum atomic E-state index is -1.50. The molecule has 7 heteroatoms. The summed E-state index contributed by atoms with van der Waals surface area (Å²) < 4.78 is 17.1. The number of nitrogens with zero attached hydrogens (tertiary/aromatic N) is 1. The normalized spacial score (nSPS) is 17.8. The molecule has 2 aromatic carbocycles. The number of ether oxygens (including phenoxy) is 3. The largest absolute Gasteiger partial charge is 0.491 e. The summed E-state index contributed by atoms with van der Waals surface area (Å²) in [6, 6.07) is 10.9. The summed E-state index contributed by atoms with van der Waals surface area (Å²) in [5, 5.41) is 0.825. The number of hydrogen-bond acceptors (Lipinski definition) is 4. The van der Waals surface area contributed by atoms with Crippen LogP contribution in [-0.4, -0.2) is 25.2 Å². The van der Waals surface area contributed by atoms with Crippen LogP contribution in [0.3, 0.4) is 0 Å². The van der Waals surface area contributed by atoms with E-state index in [0.29, 0.717) is 41.1 Å². The third kappa shape index (κ3) is 3.09. The van der Waals surface area contributed by atoms with Gasteiger partial charge >= 0.3 is 0 Å². The third-order valence-electron chi connectivity index (χ3n) is 4.53. The van der Waals surface area contributed by atoms with E-state index in [4.69, 9.17) is 37.4 Å². The van der Waals surface area contributed by atoms with E-state index < -0.39 is 5.79 Å². The lowest BCUT2D eigenvalue weighted by Crippen LogP contribution is -2.41. The summed E-state index contributed by atoms with van der Waals surface area (Å²) in [5.41, 5.74) is 1.95. The van der Waals surface area contributed by atoms with Gasteiger partial charge in [-0.2, -0.15) is 0 Å². The topological polar surface area (TPSA) is 48.0 Å². The number of hydrogen-bond donors (Lipinski definition) is 0. The maximum absolute atomic E-state index is 13.2. The Balaban J connectivity index is 1.70. The molecule has 1 saturated heterocycles. The first-order chi connectivity index (χ1) is 12.9. The van der Waals surface area contributed by atoms with Crippen molar-refractivity contribution < 1.29 is 19.0 Å². The molecular weight excluding hydrogens is 389 g/mol. The van der Waals surface area contributed by atoms with Gasteiger partial charge in [0.1, 0.15) is 5.75 Å². The molecule has 0 unspecified atom stereocenters. The molecule has 1 fully saturated rings. The minimum absolute atomic E-state index is 0.0976. The first-order valence-electron chi connectivity index (χ1n) is 8.76. The predicted molar refractivity (Wildman–Crippen MR) is 103 cm³/mol. The zero-order chi connectivity index (χ0) is 19.2. The summed E-state index contributed by atoms with van der Waals surface area (Å²) in [4.78, 5) is 14.8. The fraction of sp³-hybridized carbons (Fsp3) is 0.350. The van der Waals surface area contributed by atoms with Gasteiger partial charge in [-0.3, -0.25) is 4.79 Å². The van der Waals surface area contributed by atoms with Crippen LogP contribution in [0.25, 0.3) is 0 Å². The first kappa shape index (κ1) is 18.6. The number of carbonyl (C=O) groups is 1. The van der Waals surface area contributed by atoms with Crippen LogP contribution in [0.15, 0.2) is 36.4 Å². The highest BCUT2D eigenvalue weighted by molar-refractivity contribution is 6.38. The number of fused-ring (bicyclic) bond motifs is 2. The number of halogens is 2. The Morgan fingerprint density at radius 3 is 2.33 bits per heavy atom. The van der Waals surface area contributed by atoms with Crippen molar-refractivity contribution in [2.24, 2.45) is 0 Å². The molecule has 0 aliphatic carbocycles. The van der Waals surface area contributed by atoms with E-state index in [1.165, 1.54) is 0 Å². The van der Waals surface area contributed by atoms with Crippen molar-refractivity contribution in [1.29, 1.82) is 0 Å². The average Bonchev–Trinajstić information content (AvgIpc) is 3.20. The number of carbonyl (C=O) groups excluding carboxylic acids is 1. The van der Waals surface area contributed by atoms with Crippen molar-refractivity contribution in [3.63, 3.8) is 0 Å². The molecule has 2 aromatic rings. The molecule has 0 radical (unpaired) electrons. The Bertz CT molecular complexity index is 876.